The fourth-order valence-electron chi connectivity index (χ4n) is 2.44. The van der Waals surface area contributed by atoms with Crippen LogP contribution in [0.1, 0.15) is 50.0 Å². The molecular formula is C15H22N2O. The van der Waals surface area contributed by atoms with Crippen LogP contribution in [0.3, 0.4) is 0 Å². The molecule has 1 aromatic rings. The van der Waals surface area contributed by atoms with Crippen molar-refractivity contribution in [2.45, 2.75) is 39.5 Å². The third-order valence-corrected chi connectivity index (χ3v) is 3.74. The zero-order chi connectivity index (χ0) is 13.0. The highest BCUT2D eigenvalue weighted by atomic mass is 16.1. The van der Waals surface area contributed by atoms with Gasteiger partial charge >= 0.3 is 0 Å². The first kappa shape index (κ1) is 13.1. The Labute approximate surface area is 109 Å². The van der Waals surface area contributed by atoms with Gasteiger partial charge in [0.2, 0.25) is 0 Å². The van der Waals surface area contributed by atoms with Gasteiger partial charge < -0.3 is 4.90 Å². The number of pyridine rings is 1. The molecule has 0 amide bonds. The van der Waals surface area contributed by atoms with E-state index in [9.17, 15) is 4.79 Å². The Morgan fingerprint density at radius 2 is 2.22 bits per heavy atom. The summed E-state index contributed by atoms with van der Waals surface area (Å²) >= 11 is 0. The number of anilines is 1. The van der Waals surface area contributed by atoms with Crippen LogP contribution in [0.4, 0.5) is 5.69 Å². The van der Waals surface area contributed by atoms with E-state index in [0.29, 0.717) is 12.1 Å². The molecule has 1 fully saturated rings. The third-order valence-electron chi connectivity index (χ3n) is 3.74. The highest BCUT2D eigenvalue weighted by Gasteiger charge is 2.14. The quantitative estimate of drug-likeness (QED) is 0.767. The summed E-state index contributed by atoms with van der Waals surface area (Å²) in [6.45, 7) is 6.40. The van der Waals surface area contributed by atoms with E-state index in [1.807, 2.05) is 25.3 Å². The van der Waals surface area contributed by atoms with Crippen molar-refractivity contribution in [2.75, 3.05) is 18.0 Å². The lowest BCUT2D eigenvalue weighted by Crippen LogP contribution is -2.24. The molecule has 0 bridgehead atoms. The minimum Gasteiger partial charge on any atom is -0.370 e. The fourth-order valence-corrected chi connectivity index (χ4v) is 2.44. The highest BCUT2D eigenvalue weighted by Crippen LogP contribution is 2.22. The van der Waals surface area contributed by atoms with Gasteiger partial charge in [0.05, 0.1) is 11.9 Å². The first-order chi connectivity index (χ1) is 8.70. The molecule has 2 heterocycles. The second-order valence-corrected chi connectivity index (χ2v) is 5.20. The van der Waals surface area contributed by atoms with E-state index < -0.39 is 0 Å². The lowest BCUT2D eigenvalue weighted by atomic mass is 10.0. The van der Waals surface area contributed by atoms with E-state index >= 15 is 0 Å². The maximum atomic E-state index is 11.5. The molecule has 3 nitrogen and oxygen atoms in total. The molecular weight excluding hydrogens is 224 g/mol. The van der Waals surface area contributed by atoms with Crippen LogP contribution in [0.2, 0.25) is 0 Å². The van der Waals surface area contributed by atoms with Crippen molar-refractivity contribution in [1.29, 1.82) is 0 Å². The summed E-state index contributed by atoms with van der Waals surface area (Å²) in [5.74, 6) is 0.940. The summed E-state index contributed by atoms with van der Waals surface area (Å²) in [6, 6.07) is 3.89. The number of carbonyl (C=O) groups is 1. The second kappa shape index (κ2) is 5.98. The average Bonchev–Trinajstić information content (AvgIpc) is 2.63. The van der Waals surface area contributed by atoms with Crippen molar-refractivity contribution >= 4 is 11.5 Å². The summed E-state index contributed by atoms with van der Waals surface area (Å²) in [5, 5.41) is 0. The monoisotopic (exact) mass is 246 g/mol. The van der Waals surface area contributed by atoms with Crippen molar-refractivity contribution in [1.82, 2.24) is 4.98 Å². The second-order valence-electron chi connectivity index (χ2n) is 5.20. The number of hydrogen-bond acceptors (Lipinski definition) is 3. The number of rotatable bonds is 3. The zero-order valence-corrected chi connectivity index (χ0v) is 11.4. The molecule has 1 aliphatic heterocycles. The van der Waals surface area contributed by atoms with Gasteiger partial charge in [-0.05, 0) is 37.3 Å². The molecule has 0 saturated carbocycles. The van der Waals surface area contributed by atoms with Crippen LogP contribution >= 0.6 is 0 Å². The Hall–Kier alpha value is -1.38. The van der Waals surface area contributed by atoms with Crippen LogP contribution in [0, 0.1) is 5.92 Å². The Bertz CT molecular complexity index is 399. The lowest BCUT2D eigenvalue weighted by Gasteiger charge is -2.22. The minimum absolute atomic E-state index is 0.117. The first-order valence-corrected chi connectivity index (χ1v) is 6.95. The van der Waals surface area contributed by atoms with Gasteiger partial charge in [-0.2, -0.15) is 0 Å². The number of hydrogen-bond donors (Lipinski definition) is 0. The maximum absolute atomic E-state index is 11.5. The van der Waals surface area contributed by atoms with Gasteiger partial charge in [0.1, 0.15) is 5.69 Å². The maximum Gasteiger partial charge on any atom is 0.180 e. The standard InChI is InChI=1S/C15H22N2O/c1-3-15(18)14-7-6-13(11-16-14)17-9-4-5-12(2)8-10-17/h6-7,11-12H,3-5,8-10H2,1-2H3. The van der Waals surface area contributed by atoms with Crippen molar-refractivity contribution in [3.8, 4) is 0 Å². The fraction of sp³-hybridized carbons (Fsp3) is 0.600. The van der Waals surface area contributed by atoms with Gasteiger partial charge in [-0.25, -0.2) is 0 Å². The van der Waals surface area contributed by atoms with E-state index in [0.717, 1.165) is 24.7 Å². The molecule has 98 valence electrons. The Kier molecular flexibility index (Phi) is 4.34. The van der Waals surface area contributed by atoms with E-state index in [-0.39, 0.29) is 5.78 Å². The summed E-state index contributed by atoms with van der Waals surface area (Å²) in [4.78, 5) is 18.2. The minimum atomic E-state index is 0.117. The highest BCUT2D eigenvalue weighted by molar-refractivity contribution is 5.94. The Balaban J connectivity index is 2.06. The molecule has 1 unspecified atom stereocenters. The van der Waals surface area contributed by atoms with Crippen molar-refractivity contribution < 1.29 is 4.79 Å². The molecule has 1 aliphatic rings. The third kappa shape index (κ3) is 3.09. The number of ketones is 1. The summed E-state index contributed by atoms with van der Waals surface area (Å²) in [5.41, 5.74) is 1.74. The molecule has 1 atom stereocenters. The molecule has 1 saturated heterocycles. The van der Waals surface area contributed by atoms with Crippen LogP contribution in [-0.2, 0) is 0 Å². The number of Topliss-reactive ketones (excluding diaryl/α,β-unsaturated/α-hetero) is 1. The Morgan fingerprint density at radius 1 is 1.39 bits per heavy atom. The number of nitrogens with zero attached hydrogens (tertiary/aromatic N) is 2. The van der Waals surface area contributed by atoms with Crippen LogP contribution in [0.25, 0.3) is 0 Å². The van der Waals surface area contributed by atoms with Gasteiger partial charge in [-0.15, -0.1) is 0 Å². The molecule has 0 spiro atoms. The van der Waals surface area contributed by atoms with Crippen LogP contribution in [0.5, 0.6) is 0 Å². The summed E-state index contributed by atoms with van der Waals surface area (Å²) in [6.07, 6.45) is 6.18. The van der Waals surface area contributed by atoms with Gasteiger partial charge in [0.25, 0.3) is 0 Å². The van der Waals surface area contributed by atoms with Crippen molar-refractivity contribution in [3.63, 3.8) is 0 Å². The van der Waals surface area contributed by atoms with Gasteiger partial charge in [-0.3, -0.25) is 9.78 Å². The predicted octanol–water partition coefficient (Wildman–Crippen LogP) is 3.30. The van der Waals surface area contributed by atoms with E-state index in [1.54, 1.807) is 0 Å². The average molecular weight is 246 g/mol. The van der Waals surface area contributed by atoms with Crippen LogP contribution in [-0.4, -0.2) is 23.9 Å². The van der Waals surface area contributed by atoms with Gasteiger partial charge in [0, 0.05) is 19.5 Å². The largest absolute Gasteiger partial charge is 0.370 e. The smallest absolute Gasteiger partial charge is 0.180 e. The molecule has 2 rings (SSSR count). The molecule has 0 aromatic carbocycles. The molecule has 3 heteroatoms. The number of aromatic nitrogens is 1. The first-order valence-electron chi connectivity index (χ1n) is 6.95. The predicted molar refractivity (Wildman–Crippen MR) is 74.1 cm³/mol. The van der Waals surface area contributed by atoms with E-state index in [2.05, 4.69) is 16.8 Å². The summed E-state index contributed by atoms with van der Waals surface area (Å²) < 4.78 is 0. The Morgan fingerprint density at radius 3 is 2.89 bits per heavy atom. The summed E-state index contributed by atoms with van der Waals surface area (Å²) in [7, 11) is 0. The van der Waals surface area contributed by atoms with Crippen molar-refractivity contribution in [2.24, 2.45) is 5.92 Å². The molecule has 0 N–H and O–H groups in total. The molecule has 1 aromatic heterocycles. The molecule has 0 radical (unpaired) electrons. The van der Waals surface area contributed by atoms with Crippen LogP contribution < -0.4 is 4.90 Å². The zero-order valence-electron chi connectivity index (χ0n) is 11.4. The normalized spacial score (nSPS) is 20.6. The van der Waals surface area contributed by atoms with Crippen molar-refractivity contribution in [3.05, 3.63) is 24.0 Å². The van der Waals surface area contributed by atoms with Gasteiger partial charge in [-0.1, -0.05) is 13.8 Å². The van der Waals surface area contributed by atoms with Crippen LogP contribution in [0.15, 0.2) is 18.3 Å². The molecule has 0 aliphatic carbocycles. The van der Waals surface area contributed by atoms with E-state index in [1.165, 1.54) is 19.3 Å². The topological polar surface area (TPSA) is 33.2 Å². The molecule has 18 heavy (non-hydrogen) atoms. The van der Waals surface area contributed by atoms with Gasteiger partial charge in [0.15, 0.2) is 5.78 Å². The SMILES string of the molecule is CCC(=O)c1ccc(N2CCCC(C)CC2)cn1. The van der Waals surface area contributed by atoms with E-state index in [4.69, 9.17) is 0 Å². The lowest BCUT2D eigenvalue weighted by molar-refractivity contribution is 0.0983. The number of carbonyl (C=O) groups excluding carboxylic acids is 1.